The van der Waals surface area contributed by atoms with Crippen LogP contribution in [0, 0.1) is 0 Å². The van der Waals surface area contributed by atoms with Crippen LogP contribution in [0.15, 0.2) is 71.6 Å². The Morgan fingerprint density at radius 1 is 1.00 bits per heavy atom. The van der Waals surface area contributed by atoms with E-state index in [1.807, 2.05) is 42.5 Å². The van der Waals surface area contributed by atoms with Gasteiger partial charge in [-0.1, -0.05) is 48.5 Å². The lowest BCUT2D eigenvalue weighted by Gasteiger charge is -2.07. The quantitative estimate of drug-likeness (QED) is 0.447. The van der Waals surface area contributed by atoms with Crippen LogP contribution in [0.25, 0.3) is 34.3 Å². The highest BCUT2D eigenvalue weighted by Crippen LogP contribution is 2.27. The average Bonchev–Trinajstić information content (AvgIpc) is 3.14. The number of aromatic nitrogens is 2. The molecule has 0 saturated carbocycles. The first kappa shape index (κ1) is 17.6. The summed E-state index contributed by atoms with van der Waals surface area (Å²) in [6.45, 7) is 0.0283. The molecule has 0 saturated heterocycles. The zero-order valence-corrected chi connectivity index (χ0v) is 15.8. The van der Waals surface area contributed by atoms with Crippen LogP contribution in [0.5, 0.6) is 0 Å². The maximum atomic E-state index is 9.58. The molecule has 0 aliphatic carbocycles. The number of benzene rings is 3. The second-order valence-corrected chi connectivity index (χ2v) is 7.16. The summed E-state index contributed by atoms with van der Waals surface area (Å²) in [5.74, 6) is 0.825. The molecule has 4 aromatic rings. The number of rotatable bonds is 5. The van der Waals surface area contributed by atoms with Gasteiger partial charge >= 0.3 is 0 Å². The second-order valence-electron chi connectivity index (χ2n) is 6.28. The van der Waals surface area contributed by atoms with E-state index in [-0.39, 0.29) is 6.61 Å². The van der Waals surface area contributed by atoms with Gasteiger partial charge < -0.3 is 10.1 Å². The van der Waals surface area contributed by atoms with E-state index < -0.39 is 0 Å². The SMILES string of the molecule is CSc1ccc(/C=C/c2nc3ccc(-c4ccccc4CO)cc3[nH]2)cc1. The molecule has 3 aromatic carbocycles. The topological polar surface area (TPSA) is 48.9 Å². The van der Waals surface area contributed by atoms with E-state index in [2.05, 4.69) is 52.6 Å². The maximum absolute atomic E-state index is 9.58. The monoisotopic (exact) mass is 372 g/mol. The number of imidazole rings is 1. The van der Waals surface area contributed by atoms with Gasteiger partial charge in [-0.3, -0.25) is 0 Å². The van der Waals surface area contributed by atoms with Crippen molar-refractivity contribution in [3.63, 3.8) is 0 Å². The lowest BCUT2D eigenvalue weighted by Crippen LogP contribution is -1.88. The van der Waals surface area contributed by atoms with Gasteiger partial charge in [-0.15, -0.1) is 11.8 Å². The predicted octanol–water partition coefficient (Wildman–Crippen LogP) is 5.61. The zero-order chi connectivity index (χ0) is 18.6. The van der Waals surface area contributed by atoms with E-state index in [9.17, 15) is 5.11 Å². The highest BCUT2D eigenvalue weighted by Gasteiger charge is 2.07. The smallest absolute Gasteiger partial charge is 0.131 e. The Hall–Kier alpha value is -2.82. The van der Waals surface area contributed by atoms with Gasteiger partial charge in [0.25, 0.3) is 0 Å². The van der Waals surface area contributed by atoms with Crippen molar-refractivity contribution >= 4 is 34.9 Å². The van der Waals surface area contributed by atoms with Gasteiger partial charge in [-0.2, -0.15) is 0 Å². The van der Waals surface area contributed by atoms with E-state index in [1.54, 1.807) is 11.8 Å². The van der Waals surface area contributed by atoms with Gasteiger partial charge in [0.05, 0.1) is 17.6 Å². The zero-order valence-electron chi connectivity index (χ0n) is 15.0. The Labute approximate surface area is 162 Å². The fraction of sp³-hybridized carbons (Fsp3) is 0.0870. The third-order valence-electron chi connectivity index (χ3n) is 4.55. The molecule has 0 amide bonds. The Kier molecular flexibility index (Phi) is 5.10. The van der Waals surface area contributed by atoms with Gasteiger partial charge in [-0.05, 0) is 58.9 Å². The Morgan fingerprint density at radius 3 is 2.59 bits per heavy atom. The van der Waals surface area contributed by atoms with Gasteiger partial charge in [0.1, 0.15) is 5.82 Å². The molecular formula is C23H20N2OS. The molecule has 0 unspecified atom stereocenters. The normalized spacial score (nSPS) is 11.5. The molecule has 1 aromatic heterocycles. The molecule has 0 aliphatic rings. The van der Waals surface area contributed by atoms with E-state index >= 15 is 0 Å². The molecule has 27 heavy (non-hydrogen) atoms. The number of aliphatic hydroxyl groups excluding tert-OH is 1. The lowest BCUT2D eigenvalue weighted by molar-refractivity contribution is 0.282. The van der Waals surface area contributed by atoms with Crippen LogP contribution >= 0.6 is 11.8 Å². The summed E-state index contributed by atoms with van der Waals surface area (Å²) in [6, 6.07) is 22.5. The van der Waals surface area contributed by atoms with Crippen molar-refractivity contribution in [3.8, 4) is 11.1 Å². The minimum atomic E-state index is 0.0283. The van der Waals surface area contributed by atoms with Crippen molar-refractivity contribution in [2.45, 2.75) is 11.5 Å². The molecule has 0 bridgehead atoms. The van der Waals surface area contributed by atoms with Gasteiger partial charge in [0.2, 0.25) is 0 Å². The van der Waals surface area contributed by atoms with Crippen LogP contribution in [-0.4, -0.2) is 21.3 Å². The summed E-state index contributed by atoms with van der Waals surface area (Å²) >= 11 is 1.74. The van der Waals surface area contributed by atoms with Crippen LogP contribution in [-0.2, 0) is 6.61 Å². The highest BCUT2D eigenvalue weighted by atomic mass is 32.2. The summed E-state index contributed by atoms with van der Waals surface area (Å²) in [4.78, 5) is 9.27. The molecule has 0 aliphatic heterocycles. The number of hydrogen-bond acceptors (Lipinski definition) is 3. The maximum Gasteiger partial charge on any atom is 0.131 e. The molecule has 4 heteroatoms. The minimum absolute atomic E-state index is 0.0283. The Bertz CT molecular complexity index is 1100. The van der Waals surface area contributed by atoms with Crippen molar-refractivity contribution in [2.24, 2.45) is 0 Å². The molecule has 0 fully saturated rings. The molecule has 4 rings (SSSR count). The predicted molar refractivity (Wildman–Crippen MR) is 115 cm³/mol. The van der Waals surface area contributed by atoms with Gasteiger partial charge in [-0.25, -0.2) is 4.98 Å². The van der Waals surface area contributed by atoms with Crippen LogP contribution in [0.2, 0.25) is 0 Å². The molecule has 0 atom stereocenters. The fourth-order valence-electron chi connectivity index (χ4n) is 3.11. The molecule has 3 nitrogen and oxygen atoms in total. The van der Waals surface area contributed by atoms with Crippen LogP contribution in [0.1, 0.15) is 17.0 Å². The molecule has 0 spiro atoms. The van der Waals surface area contributed by atoms with E-state index in [0.717, 1.165) is 39.1 Å². The molecule has 2 N–H and O–H groups in total. The summed E-state index contributed by atoms with van der Waals surface area (Å²) in [5.41, 5.74) is 6.09. The van der Waals surface area contributed by atoms with Crippen molar-refractivity contribution in [1.29, 1.82) is 0 Å². The summed E-state index contributed by atoms with van der Waals surface area (Å²) < 4.78 is 0. The van der Waals surface area contributed by atoms with E-state index in [4.69, 9.17) is 0 Å². The number of hydrogen-bond donors (Lipinski definition) is 2. The Balaban J connectivity index is 1.63. The first-order valence-electron chi connectivity index (χ1n) is 8.78. The number of H-pyrrole nitrogens is 1. The molecular weight excluding hydrogens is 352 g/mol. The highest BCUT2D eigenvalue weighted by molar-refractivity contribution is 7.98. The molecule has 0 radical (unpaired) electrons. The third kappa shape index (κ3) is 3.82. The lowest BCUT2D eigenvalue weighted by atomic mass is 10.00. The van der Waals surface area contributed by atoms with Crippen molar-refractivity contribution in [2.75, 3.05) is 6.26 Å². The number of fused-ring (bicyclic) bond motifs is 1. The third-order valence-corrected chi connectivity index (χ3v) is 5.29. The number of aromatic amines is 1. The standard InChI is InChI=1S/C23H20N2OS/c1-27-19-10-6-16(7-11-19)8-13-23-24-21-12-9-17(14-22(21)25-23)20-5-3-2-4-18(20)15-26/h2-14,26H,15H2,1H3,(H,24,25)/b13-8+. The van der Waals surface area contributed by atoms with E-state index in [0.29, 0.717) is 0 Å². The molecule has 1 heterocycles. The number of nitrogens with zero attached hydrogens (tertiary/aromatic N) is 1. The van der Waals surface area contributed by atoms with Crippen LogP contribution in [0.4, 0.5) is 0 Å². The van der Waals surface area contributed by atoms with Gasteiger partial charge in [0, 0.05) is 4.90 Å². The Morgan fingerprint density at radius 2 is 1.81 bits per heavy atom. The first-order valence-corrected chi connectivity index (χ1v) is 10.0. The van der Waals surface area contributed by atoms with E-state index in [1.165, 1.54) is 4.90 Å². The second kappa shape index (κ2) is 7.82. The van der Waals surface area contributed by atoms with Crippen molar-refractivity contribution < 1.29 is 5.11 Å². The average molecular weight is 372 g/mol. The summed E-state index contributed by atoms with van der Waals surface area (Å²) in [6.07, 6.45) is 6.13. The summed E-state index contributed by atoms with van der Waals surface area (Å²) in [7, 11) is 0. The number of aliphatic hydroxyl groups is 1. The summed E-state index contributed by atoms with van der Waals surface area (Å²) in [5, 5.41) is 9.58. The largest absolute Gasteiger partial charge is 0.392 e. The van der Waals surface area contributed by atoms with Crippen LogP contribution in [0.3, 0.4) is 0 Å². The van der Waals surface area contributed by atoms with Crippen LogP contribution < -0.4 is 0 Å². The van der Waals surface area contributed by atoms with Crippen molar-refractivity contribution in [3.05, 3.63) is 83.7 Å². The minimum Gasteiger partial charge on any atom is -0.392 e. The van der Waals surface area contributed by atoms with Gasteiger partial charge in [0.15, 0.2) is 0 Å². The first-order chi connectivity index (χ1) is 13.3. The molecule has 134 valence electrons. The number of thioether (sulfide) groups is 1. The number of nitrogens with one attached hydrogen (secondary N) is 1. The fourth-order valence-corrected chi connectivity index (χ4v) is 3.51. The van der Waals surface area contributed by atoms with Crippen molar-refractivity contribution in [1.82, 2.24) is 9.97 Å².